The number of hydrogen-bond acceptors (Lipinski definition) is 5. The average Bonchev–Trinajstić information content (AvgIpc) is 2.77. The zero-order valence-electron chi connectivity index (χ0n) is 14.9. The summed E-state index contributed by atoms with van der Waals surface area (Å²) < 4.78 is 31.8. The first-order valence-corrected chi connectivity index (χ1v) is 9.68. The van der Waals surface area contributed by atoms with Crippen molar-refractivity contribution in [1.82, 2.24) is 5.32 Å². The van der Waals surface area contributed by atoms with Crippen LogP contribution in [0.4, 0.5) is 5.69 Å². The summed E-state index contributed by atoms with van der Waals surface area (Å²) in [6.45, 7) is 1.07. The fourth-order valence-electron chi connectivity index (χ4n) is 3.42. The number of carbonyl (C=O) groups is 2. The Labute approximate surface area is 156 Å². The summed E-state index contributed by atoms with van der Waals surface area (Å²) in [5, 5.41) is 13.0. The van der Waals surface area contributed by atoms with E-state index in [1.54, 1.807) is 18.2 Å². The molecular formula is C18H20N2O6S. The highest BCUT2D eigenvalue weighted by atomic mass is 32.2. The van der Waals surface area contributed by atoms with Crippen LogP contribution in [0.5, 0.6) is 0 Å². The topological polar surface area (TPSA) is 113 Å². The number of aliphatic carboxylic acids is 1. The maximum absolute atomic E-state index is 12.9. The maximum Gasteiger partial charge on any atom is 0.305 e. The number of carboxylic acids is 1. The third kappa shape index (κ3) is 3.47. The van der Waals surface area contributed by atoms with Crippen LogP contribution in [-0.2, 0) is 24.3 Å². The molecule has 1 atom stereocenters. The molecule has 1 amide bonds. The van der Waals surface area contributed by atoms with Gasteiger partial charge in [-0.25, -0.2) is 8.42 Å². The van der Waals surface area contributed by atoms with Crippen LogP contribution in [0.3, 0.4) is 0 Å². The molecule has 1 aliphatic heterocycles. The van der Waals surface area contributed by atoms with E-state index in [-0.39, 0.29) is 17.9 Å². The number of nitrogens with one attached hydrogen (secondary N) is 1. The van der Waals surface area contributed by atoms with E-state index in [0.29, 0.717) is 11.1 Å². The van der Waals surface area contributed by atoms with Crippen molar-refractivity contribution in [2.75, 3.05) is 24.6 Å². The Hall–Kier alpha value is -2.65. The molecule has 2 aromatic rings. The van der Waals surface area contributed by atoms with Gasteiger partial charge in [0.25, 0.3) is 10.0 Å². The van der Waals surface area contributed by atoms with Gasteiger partial charge < -0.3 is 15.2 Å². The summed E-state index contributed by atoms with van der Waals surface area (Å²) in [5.74, 6) is -1.70. The van der Waals surface area contributed by atoms with E-state index in [1.165, 1.54) is 20.1 Å². The Morgan fingerprint density at radius 1 is 1.22 bits per heavy atom. The number of carboxylic acid groups (broad SMARTS) is 1. The number of methoxy groups -OCH3 is 1. The van der Waals surface area contributed by atoms with Crippen molar-refractivity contribution in [3.05, 3.63) is 36.4 Å². The largest absolute Gasteiger partial charge is 0.481 e. The van der Waals surface area contributed by atoms with Crippen LogP contribution in [0.2, 0.25) is 0 Å². The SMILES string of the molecule is COCC(C)(CC(=O)O)NC(=O)CN1c2cccc3cccc(c23)S1(=O)=O. The van der Waals surface area contributed by atoms with Crippen molar-refractivity contribution in [3.63, 3.8) is 0 Å². The molecule has 9 heteroatoms. The van der Waals surface area contributed by atoms with E-state index in [4.69, 9.17) is 9.84 Å². The zero-order valence-corrected chi connectivity index (χ0v) is 15.7. The fourth-order valence-corrected chi connectivity index (χ4v) is 5.09. The van der Waals surface area contributed by atoms with E-state index in [1.807, 2.05) is 12.1 Å². The Morgan fingerprint density at radius 2 is 1.89 bits per heavy atom. The lowest BCUT2D eigenvalue weighted by molar-refractivity contribution is -0.139. The molecule has 0 saturated heterocycles. The van der Waals surface area contributed by atoms with Crippen LogP contribution in [0.25, 0.3) is 10.8 Å². The fraction of sp³-hybridized carbons (Fsp3) is 0.333. The highest BCUT2D eigenvalue weighted by Crippen LogP contribution is 2.41. The molecular weight excluding hydrogens is 372 g/mol. The van der Waals surface area contributed by atoms with Gasteiger partial charge in [0, 0.05) is 12.5 Å². The minimum absolute atomic E-state index is 0.0202. The summed E-state index contributed by atoms with van der Waals surface area (Å²) in [5.41, 5.74) is -0.718. The predicted octanol–water partition coefficient (Wildman–Crippen LogP) is 1.34. The average molecular weight is 392 g/mol. The molecule has 3 rings (SSSR count). The van der Waals surface area contributed by atoms with Crippen molar-refractivity contribution in [2.45, 2.75) is 23.8 Å². The molecule has 0 bridgehead atoms. The number of carbonyl (C=O) groups excluding carboxylic acids is 1. The van der Waals surface area contributed by atoms with Gasteiger partial charge in [-0.05, 0) is 24.4 Å². The molecule has 1 heterocycles. The molecule has 1 unspecified atom stereocenters. The van der Waals surface area contributed by atoms with Gasteiger partial charge in [-0.15, -0.1) is 0 Å². The van der Waals surface area contributed by atoms with Crippen LogP contribution in [0.15, 0.2) is 41.3 Å². The molecule has 0 aromatic heterocycles. The maximum atomic E-state index is 12.9. The number of hydrogen-bond donors (Lipinski definition) is 2. The van der Waals surface area contributed by atoms with E-state index in [2.05, 4.69) is 5.32 Å². The smallest absolute Gasteiger partial charge is 0.305 e. The second-order valence-corrected chi connectivity index (χ2v) is 8.59. The van der Waals surface area contributed by atoms with Gasteiger partial charge in [0.1, 0.15) is 6.54 Å². The molecule has 2 N–H and O–H groups in total. The van der Waals surface area contributed by atoms with Crippen molar-refractivity contribution in [2.24, 2.45) is 0 Å². The monoisotopic (exact) mass is 392 g/mol. The molecule has 8 nitrogen and oxygen atoms in total. The van der Waals surface area contributed by atoms with Crippen molar-refractivity contribution in [3.8, 4) is 0 Å². The highest BCUT2D eigenvalue weighted by molar-refractivity contribution is 7.93. The first-order chi connectivity index (χ1) is 12.7. The van der Waals surface area contributed by atoms with E-state index >= 15 is 0 Å². The molecule has 0 spiro atoms. The zero-order chi connectivity index (χ0) is 19.8. The van der Waals surface area contributed by atoms with Gasteiger partial charge in [-0.3, -0.25) is 13.9 Å². The van der Waals surface area contributed by atoms with Gasteiger partial charge in [0.05, 0.1) is 29.1 Å². The summed E-state index contributed by atoms with van der Waals surface area (Å²) in [7, 11) is -2.46. The molecule has 0 radical (unpaired) electrons. The molecule has 2 aromatic carbocycles. The lowest BCUT2D eigenvalue weighted by Gasteiger charge is -2.29. The number of ether oxygens (including phenoxy) is 1. The first kappa shape index (κ1) is 19.1. The summed E-state index contributed by atoms with van der Waals surface area (Å²) >= 11 is 0. The number of amides is 1. The lowest BCUT2D eigenvalue weighted by atomic mass is 9.99. The molecule has 0 aliphatic carbocycles. The third-order valence-corrected chi connectivity index (χ3v) is 6.22. The van der Waals surface area contributed by atoms with E-state index in [0.717, 1.165) is 9.69 Å². The Bertz CT molecular complexity index is 1010. The summed E-state index contributed by atoms with van der Waals surface area (Å²) in [4.78, 5) is 23.8. The van der Waals surface area contributed by atoms with Crippen LogP contribution in [-0.4, -0.2) is 51.2 Å². The number of sulfonamides is 1. The van der Waals surface area contributed by atoms with Crippen molar-refractivity contribution in [1.29, 1.82) is 0 Å². The molecule has 27 heavy (non-hydrogen) atoms. The minimum Gasteiger partial charge on any atom is -0.481 e. The second-order valence-electron chi connectivity index (χ2n) is 6.76. The van der Waals surface area contributed by atoms with Gasteiger partial charge in [0.15, 0.2) is 0 Å². The Morgan fingerprint density at radius 3 is 2.52 bits per heavy atom. The van der Waals surface area contributed by atoms with Crippen LogP contribution in [0, 0.1) is 0 Å². The van der Waals surface area contributed by atoms with Gasteiger partial charge >= 0.3 is 5.97 Å². The predicted molar refractivity (Wildman–Crippen MR) is 99.2 cm³/mol. The van der Waals surface area contributed by atoms with Crippen molar-refractivity contribution >= 4 is 38.4 Å². The van der Waals surface area contributed by atoms with Crippen LogP contribution < -0.4 is 9.62 Å². The summed E-state index contributed by atoms with van der Waals surface area (Å²) in [6, 6.07) is 10.2. The molecule has 1 aliphatic rings. The van der Waals surface area contributed by atoms with Crippen LogP contribution in [0.1, 0.15) is 13.3 Å². The standard InChI is InChI=1S/C18H20N2O6S/c1-18(11-26-2,9-16(22)23)19-15(21)10-20-13-7-3-5-12-6-4-8-14(17(12)13)27(20,24)25/h3-8H,9-11H2,1-2H3,(H,19,21)(H,22,23). The van der Waals surface area contributed by atoms with Crippen LogP contribution >= 0.6 is 0 Å². The highest BCUT2D eigenvalue weighted by Gasteiger charge is 2.38. The quantitative estimate of drug-likeness (QED) is 0.735. The third-order valence-electron chi connectivity index (χ3n) is 4.41. The number of nitrogens with zero attached hydrogens (tertiary/aromatic N) is 1. The summed E-state index contributed by atoms with van der Waals surface area (Å²) in [6.07, 6.45) is -0.352. The Balaban J connectivity index is 1.89. The number of benzene rings is 2. The number of anilines is 1. The van der Waals surface area contributed by atoms with E-state index < -0.39 is 34.0 Å². The van der Waals surface area contributed by atoms with E-state index in [9.17, 15) is 18.0 Å². The van der Waals surface area contributed by atoms with Gasteiger partial charge in [0.2, 0.25) is 5.91 Å². The number of rotatable bonds is 7. The molecule has 0 saturated carbocycles. The van der Waals surface area contributed by atoms with Gasteiger partial charge in [-0.1, -0.05) is 24.3 Å². The van der Waals surface area contributed by atoms with Crippen molar-refractivity contribution < 1.29 is 27.9 Å². The Kier molecular flexibility index (Phi) is 4.83. The molecule has 144 valence electrons. The first-order valence-electron chi connectivity index (χ1n) is 8.24. The minimum atomic E-state index is -3.86. The van der Waals surface area contributed by atoms with Gasteiger partial charge in [-0.2, -0.15) is 0 Å². The lowest BCUT2D eigenvalue weighted by Crippen LogP contribution is -2.53. The molecule has 0 fully saturated rings. The second kappa shape index (κ2) is 6.82. The normalized spacial score (nSPS) is 16.9.